The molecule has 0 saturated carbocycles. The Morgan fingerprint density at radius 1 is 1.12 bits per heavy atom. The van der Waals surface area contributed by atoms with Crippen LogP contribution in [0, 0.1) is 0 Å². The second-order valence-electron chi connectivity index (χ2n) is 6.35. The molecule has 2 amide bonds. The molecule has 0 aliphatic carbocycles. The minimum absolute atomic E-state index is 0.0743. The van der Waals surface area contributed by atoms with E-state index in [1.807, 2.05) is 18.2 Å². The first-order chi connectivity index (χ1) is 12.2. The molecule has 1 aliphatic heterocycles. The summed E-state index contributed by atoms with van der Waals surface area (Å²) in [5.41, 5.74) is 1.23. The Morgan fingerprint density at radius 3 is 2.80 bits per heavy atom. The van der Waals surface area contributed by atoms with Gasteiger partial charge in [0.15, 0.2) is 0 Å². The van der Waals surface area contributed by atoms with Crippen LogP contribution in [0.1, 0.15) is 31.2 Å². The van der Waals surface area contributed by atoms with Crippen molar-refractivity contribution < 1.29 is 9.59 Å². The van der Waals surface area contributed by atoms with Crippen molar-refractivity contribution in [1.82, 2.24) is 14.7 Å². The van der Waals surface area contributed by atoms with Gasteiger partial charge in [0.1, 0.15) is 5.82 Å². The summed E-state index contributed by atoms with van der Waals surface area (Å²) < 4.78 is 1.79. The van der Waals surface area contributed by atoms with Crippen molar-refractivity contribution in [3.8, 4) is 0 Å². The van der Waals surface area contributed by atoms with Crippen molar-refractivity contribution in [1.29, 1.82) is 0 Å². The Morgan fingerprint density at radius 2 is 1.96 bits per heavy atom. The third-order valence-corrected chi connectivity index (χ3v) is 4.44. The van der Waals surface area contributed by atoms with Crippen molar-refractivity contribution in [3.63, 3.8) is 0 Å². The van der Waals surface area contributed by atoms with Crippen molar-refractivity contribution in [3.05, 3.63) is 48.2 Å². The zero-order valence-corrected chi connectivity index (χ0v) is 14.4. The molecule has 0 atom stereocenters. The van der Waals surface area contributed by atoms with E-state index in [1.165, 1.54) is 5.56 Å². The van der Waals surface area contributed by atoms with Gasteiger partial charge in [-0.1, -0.05) is 36.8 Å². The molecule has 0 radical (unpaired) electrons. The summed E-state index contributed by atoms with van der Waals surface area (Å²) in [7, 11) is 0. The Hall–Kier alpha value is -2.63. The lowest BCUT2D eigenvalue weighted by Crippen LogP contribution is -2.37. The number of nitrogens with one attached hydrogen (secondary N) is 1. The second kappa shape index (κ2) is 8.46. The van der Waals surface area contributed by atoms with Crippen LogP contribution in [0.25, 0.3) is 0 Å². The average molecular weight is 340 g/mol. The van der Waals surface area contributed by atoms with Gasteiger partial charge < -0.3 is 10.2 Å². The maximum atomic E-state index is 12.3. The summed E-state index contributed by atoms with van der Waals surface area (Å²) in [6.45, 7) is 1.47. The summed E-state index contributed by atoms with van der Waals surface area (Å²) >= 11 is 0. The highest BCUT2D eigenvalue weighted by molar-refractivity contribution is 5.93. The van der Waals surface area contributed by atoms with Gasteiger partial charge in [0.05, 0.1) is 12.7 Å². The van der Waals surface area contributed by atoms with Crippen LogP contribution in [0.3, 0.4) is 0 Å². The highest BCUT2D eigenvalue weighted by Crippen LogP contribution is 2.12. The van der Waals surface area contributed by atoms with Crippen LogP contribution in [0.15, 0.2) is 42.6 Å². The first kappa shape index (κ1) is 17.2. The minimum Gasteiger partial charge on any atom is -0.333 e. The maximum absolute atomic E-state index is 12.3. The van der Waals surface area contributed by atoms with E-state index in [0.717, 1.165) is 25.7 Å². The topological polar surface area (TPSA) is 67.2 Å². The van der Waals surface area contributed by atoms with Crippen LogP contribution >= 0.6 is 0 Å². The number of hydrogen-bond donors (Lipinski definition) is 1. The number of rotatable bonds is 6. The normalized spacial score (nSPS) is 15.0. The standard InChI is InChI=1S/C19H24N4O2/c24-18(15-22-13-6-2-5-9-19(22)25)21-17-10-12-20-23(17)14-11-16-7-3-1-4-8-16/h1,3-4,7-8,10,12H,2,5-6,9,11,13-15H2,(H,21,24). The fourth-order valence-corrected chi connectivity index (χ4v) is 3.06. The van der Waals surface area contributed by atoms with Gasteiger partial charge in [-0.25, -0.2) is 4.68 Å². The molecule has 0 bridgehead atoms. The molecule has 1 saturated heterocycles. The van der Waals surface area contributed by atoms with Gasteiger partial charge in [-0.05, 0) is 24.8 Å². The van der Waals surface area contributed by atoms with E-state index in [-0.39, 0.29) is 18.4 Å². The third-order valence-electron chi connectivity index (χ3n) is 4.44. The summed E-state index contributed by atoms with van der Waals surface area (Å²) in [5, 5.41) is 7.17. The first-order valence-corrected chi connectivity index (χ1v) is 8.86. The smallest absolute Gasteiger partial charge is 0.245 e. The van der Waals surface area contributed by atoms with Crippen molar-refractivity contribution in [2.45, 2.75) is 38.6 Å². The molecule has 1 aromatic carbocycles. The van der Waals surface area contributed by atoms with Crippen LogP contribution in [-0.4, -0.2) is 39.6 Å². The predicted octanol–water partition coefficient (Wildman–Crippen LogP) is 2.47. The molecule has 1 aromatic heterocycles. The van der Waals surface area contributed by atoms with Crippen LogP contribution in [0.5, 0.6) is 0 Å². The molecule has 6 heteroatoms. The number of nitrogens with zero attached hydrogens (tertiary/aromatic N) is 3. The highest BCUT2D eigenvalue weighted by atomic mass is 16.2. The Balaban J connectivity index is 1.55. The monoisotopic (exact) mass is 340 g/mol. The number of likely N-dealkylation sites (tertiary alicyclic amines) is 1. The van der Waals surface area contributed by atoms with E-state index in [1.54, 1.807) is 21.8 Å². The number of amides is 2. The molecule has 6 nitrogen and oxygen atoms in total. The quantitative estimate of drug-likeness (QED) is 0.878. The lowest BCUT2D eigenvalue weighted by molar-refractivity contribution is -0.134. The molecule has 132 valence electrons. The van der Waals surface area contributed by atoms with Crippen molar-refractivity contribution >= 4 is 17.6 Å². The van der Waals surface area contributed by atoms with Gasteiger partial charge >= 0.3 is 0 Å². The molecule has 2 aromatic rings. The van der Waals surface area contributed by atoms with E-state index in [2.05, 4.69) is 22.5 Å². The molecule has 1 fully saturated rings. The number of carbonyl (C=O) groups is 2. The zero-order valence-electron chi connectivity index (χ0n) is 14.4. The summed E-state index contributed by atoms with van der Waals surface area (Å²) in [6.07, 6.45) is 6.00. The minimum atomic E-state index is -0.170. The van der Waals surface area contributed by atoms with E-state index in [4.69, 9.17) is 0 Å². The lowest BCUT2D eigenvalue weighted by Gasteiger charge is -2.20. The summed E-state index contributed by atoms with van der Waals surface area (Å²) in [4.78, 5) is 26.0. The Kier molecular flexibility index (Phi) is 5.82. The second-order valence-corrected chi connectivity index (χ2v) is 6.35. The number of hydrogen-bond acceptors (Lipinski definition) is 3. The Bertz CT molecular complexity index is 711. The molecule has 0 unspecified atom stereocenters. The fraction of sp³-hybridized carbons (Fsp3) is 0.421. The molecular weight excluding hydrogens is 316 g/mol. The van der Waals surface area contributed by atoms with Crippen LogP contribution < -0.4 is 5.32 Å². The van der Waals surface area contributed by atoms with E-state index in [9.17, 15) is 9.59 Å². The van der Waals surface area contributed by atoms with Gasteiger partial charge in [0, 0.05) is 25.6 Å². The van der Waals surface area contributed by atoms with Gasteiger partial charge in [-0.15, -0.1) is 0 Å². The van der Waals surface area contributed by atoms with Crippen molar-refractivity contribution in [2.24, 2.45) is 0 Å². The van der Waals surface area contributed by atoms with E-state index in [0.29, 0.717) is 25.3 Å². The van der Waals surface area contributed by atoms with E-state index < -0.39 is 0 Å². The van der Waals surface area contributed by atoms with Gasteiger partial charge in [-0.3, -0.25) is 9.59 Å². The molecule has 0 spiro atoms. The average Bonchev–Trinajstić information content (AvgIpc) is 2.96. The lowest BCUT2D eigenvalue weighted by atomic mass is 10.1. The van der Waals surface area contributed by atoms with E-state index >= 15 is 0 Å². The number of anilines is 1. The number of carbonyl (C=O) groups excluding carboxylic acids is 2. The predicted molar refractivity (Wildman–Crippen MR) is 96.1 cm³/mol. The molecule has 2 heterocycles. The van der Waals surface area contributed by atoms with Gasteiger partial charge in [0.25, 0.3) is 0 Å². The zero-order chi connectivity index (χ0) is 17.5. The van der Waals surface area contributed by atoms with Gasteiger partial charge in [-0.2, -0.15) is 5.10 Å². The SMILES string of the molecule is O=C(CN1CCCCCC1=O)Nc1ccnn1CCc1ccccc1. The third kappa shape index (κ3) is 4.92. The van der Waals surface area contributed by atoms with Crippen LogP contribution in [0.4, 0.5) is 5.82 Å². The highest BCUT2D eigenvalue weighted by Gasteiger charge is 2.19. The number of aryl methyl sites for hydroxylation is 2. The molecule has 1 aliphatic rings. The van der Waals surface area contributed by atoms with Crippen LogP contribution in [0.2, 0.25) is 0 Å². The molecule has 25 heavy (non-hydrogen) atoms. The Labute approximate surface area is 147 Å². The summed E-state index contributed by atoms with van der Waals surface area (Å²) in [6, 6.07) is 12.0. The molecular formula is C19H24N4O2. The number of aromatic nitrogens is 2. The maximum Gasteiger partial charge on any atom is 0.245 e. The van der Waals surface area contributed by atoms with Crippen LogP contribution in [-0.2, 0) is 22.6 Å². The largest absolute Gasteiger partial charge is 0.333 e. The first-order valence-electron chi connectivity index (χ1n) is 8.86. The summed E-state index contributed by atoms with van der Waals surface area (Å²) in [5.74, 6) is 0.574. The fourth-order valence-electron chi connectivity index (χ4n) is 3.06. The van der Waals surface area contributed by atoms with Gasteiger partial charge in [0.2, 0.25) is 11.8 Å². The number of benzene rings is 1. The molecule has 1 N–H and O–H groups in total. The molecule has 3 rings (SSSR count). The van der Waals surface area contributed by atoms with Crippen molar-refractivity contribution in [2.75, 3.05) is 18.4 Å².